The SMILES string of the molecule is C[C@H](N)c1ccccc1C#N. The molecule has 0 aliphatic rings. The van der Waals surface area contributed by atoms with Gasteiger partial charge in [0, 0.05) is 6.04 Å². The maximum atomic E-state index is 8.66. The second kappa shape index (κ2) is 3.18. The van der Waals surface area contributed by atoms with Crippen LogP contribution in [0.15, 0.2) is 24.3 Å². The van der Waals surface area contributed by atoms with Gasteiger partial charge in [-0.05, 0) is 18.6 Å². The van der Waals surface area contributed by atoms with Gasteiger partial charge in [-0.3, -0.25) is 0 Å². The molecule has 1 rings (SSSR count). The molecule has 0 saturated heterocycles. The minimum Gasteiger partial charge on any atom is -0.324 e. The molecule has 2 nitrogen and oxygen atoms in total. The predicted molar refractivity (Wildman–Crippen MR) is 43.8 cm³/mol. The molecular weight excluding hydrogens is 136 g/mol. The van der Waals surface area contributed by atoms with E-state index in [1.807, 2.05) is 25.1 Å². The Balaban J connectivity index is 3.15. The first-order chi connectivity index (χ1) is 5.25. The normalized spacial score (nSPS) is 12.1. The fourth-order valence-electron chi connectivity index (χ4n) is 0.996. The average Bonchev–Trinajstić information content (AvgIpc) is 2.04. The largest absolute Gasteiger partial charge is 0.324 e. The molecule has 1 atom stereocenters. The van der Waals surface area contributed by atoms with Crippen molar-refractivity contribution in [3.8, 4) is 6.07 Å². The Hall–Kier alpha value is -1.33. The van der Waals surface area contributed by atoms with Crippen LogP contribution in [-0.4, -0.2) is 0 Å². The Morgan fingerprint density at radius 2 is 2.09 bits per heavy atom. The highest BCUT2D eigenvalue weighted by molar-refractivity contribution is 5.38. The topological polar surface area (TPSA) is 49.8 Å². The van der Waals surface area contributed by atoms with Crippen LogP contribution in [0.25, 0.3) is 0 Å². The third-order valence-corrected chi connectivity index (χ3v) is 1.57. The summed E-state index contributed by atoms with van der Waals surface area (Å²) >= 11 is 0. The Labute approximate surface area is 66.3 Å². The molecule has 2 heteroatoms. The van der Waals surface area contributed by atoms with Gasteiger partial charge in [0.1, 0.15) is 0 Å². The molecule has 0 heterocycles. The molecule has 0 bridgehead atoms. The zero-order valence-electron chi connectivity index (χ0n) is 6.41. The molecule has 0 aliphatic heterocycles. The fourth-order valence-corrected chi connectivity index (χ4v) is 0.996. The van der Waals surface area contributed by atoms with E-state index in [0.717, 1.165) is 5.56 Å². The predicted octanol–water partition coefficient (Wildman–Crippen LogP) is 1.58. The van der Waals surface area contributed by atoms with Crippen molar-refractivity contribution in [2.45, 2.75) is 13.0 Å². The highest BCUT2D eigenvalue weighted by Crippen LogP contribution is 2.13. The number of benzene rings is 1. The van der Waals surface area contributed by atoms with Gasteiger partial charge in [-0.25, -0.2) is 0 Å². The summed E-state index contributed by atoms with van der Waals surface area (Å²) in [6.07, 6.45) is 0. The molecule has 56 valence electrons. The number of rotatable bonds is 1. The van der Waals surface area contributed by atoms with Crippen LogP contribution in [0, 0.1) is 11.3 Å². The molecule has 0 aromatic heterocycles. The van der Waals surface area contributed by atoms with E-state index in [1.165, 1.54) is 0 Å². The van der Waals surface area contributed by atoms with Crippen LogP contribution in [0.3, 0.4) is 0 Å². The molecule has 0 amide bonds. The molecule has 0 fully saturated rings. The molecule has 2 N–H and O–H groups in total. The zero-order valence-corrected chi connectivity index (χ0v) is 6.41. The van der Waals surface area contributed by atoms with Gasteiger partial charge >= 0.3 is 0 Å². The average molecular weight is 146 g/mol. The Morgan fingerprint density at radius 3 is 2.55 bits per heavy atom. The standard InChI is InChI=1S/C9H10N2/c1-7(11)9-5-3-2-4-8(9)6-10/h2-5,7H,11H2,1H3/t7-/m0/s1. The lowest BCUT2D eigenvalue weighted by Crippen LogP contribution is -2.06. The van der Waals surface area contributed by atoms with Gasteiger partial charge < -0.3 is 5.73 Å². The van der Waals surface area contributed by atoms with Crippen LogP contribution in [0.4, 0.5) is 0 Å². The molecule has 0 aliphatic carbocycles. The van der Waals surface area contributed by atoms with Crippen molar-refractivity contribution in [1.29, 1.82) is 5.26 Å². The summed E-state index contributed by atoms with van der Waals surface area (Å²) in [5, 5.41) is 8.66. The molecular formula is C9H10N2. The Morgan fingerprint density at radius 1 is 1.45 bits per heavy atom. The first-order valence-electron chi connectivity index (χ1n) is 3.50. The lowest BCUT2D eigenvalue weighted by Gasteiger charge is -2.05. The molecule has 0 radical (unpaired) electrons. The summed E-state index contributed by atoms with van der Waals surface area (Å²) in [5.41, 5.74) is 7.22. The number of hydrogen-bond donors (Lipinski definition) is 1. The molecule has 11 heavy (non-hydrogen) atoms. The number of nitrogens with zero attached hydrogens (tertiary/aromatic N) is 1. The van der Waals surface area contributed by atoms with E-state index in [2.05, 4.69) is 6.07 Å². The second-order valence-corrected chi connectivity index (χ2v) is 2.49. The van der Waals surface area contributed by atoms with Crippen LogP contribution < -0.4 is 5.73 Å². The van der Waals surface area contributed by atoms with Crippen LogP contribution in [0.2, 0.25) is 0 Å². The maximum Gasteiger partial charge on any atom is 0.0995 e. The van der Waals surface area contributed by atoms with Crippen molar-refractivity contribution in [2.75, 3.05) is 0 Å². The van der Waals surface area contributed by atoms with Gasteiger partial charge in [-0.15, -0.1) is 0 Å². The number of hydrogen-bond acceptors (Lipinski definition) is 2. The molecule has 0 saturated carbocycles. The number of nitrogens with two attached hydrogens (primary N) is 1. The molecule has 0 unspecified atom stereocenters. The highest BCUT2D eigenvalue weighted by atomic mass is 14.6. The fraction of sp³-hybridized carbons (Fsp3) is 0.222. The summed E-state index contributed by atoms with van der Waals surface area (Å²) in [6.45, 7) is 1.87. The monoisotopic (exact) mass is 146 g/mol. The van der Waals surface area contributed by atoms with Crippen LogP contribution >= 0.6 is 0 Å². The van der Waals surface area contributed by atoms with Crippen molar-refractivity contribution in [3.63, 3.8) is 0 Å². The summed E-state index contributed by atoms with van der Waals surface area (Å²) in [4.78, 5) is 0. The molecule has 1 aromatic rings. The van der Waals surface area contributed by atoms with Crippen molar-refractivity contribution < 1.29 is 0 Å². The van der Waals surface area contributed by atoms with E-state index >= 15 is 0 Å². The second-order valence-electron chi connectivity index (χ2n) is 2.49. The minimum absolute atomic E-state index is 0.0640. The first-order valence-corrected chi connectivity index (χ1v) is 3.50. The van der Waals surface area contributed by atoms with E-state index in [4.69, 9.17) is 11.0 Å². The zero-order chi connectivity index (χ0) is 8.27. The summed E-state index contributed by atoms with van der Waals surface area (Å²) in [7, 11) is 0. The van der Waals surface area contributed by atoms with E-state index in [0.29, 0.717) is 5.56 Å². The lowest BCUT2D eigenvalue weighted by atomic mass is 10.0. The van der Waals surface area contributed by atoms with E-state index < -0.39 is 0 Å². The van der Waals surface area contributed by atoms with E-state index in [-0.39, 0.29) is 6.04 Å². The van der Waals surface area contributed by atoms with E-state index in [9.17, 15) is 0 Å². The summed E-state index contributed by atoms with van der Waals surface area (Å²) < 4.78 is 0. The quantitative estimate of drug-likeness (QED) is 0.653. The van der Waals surface area contributed by atoms with Crippen LogP contribution in [0.5, 0.6) is 0 Å². The van der Waals surface area contributed by atoms with Crippen LogP contribution in [-0.2, 0) is 0 Å². The van der Waals surface area contributed by atoms with Gasteiger partial charge in [0.2, 0.25) is 0 Å². The van der Waals surface area contributed by atoms with Crippen molar-refractivity contribution in [2.24, 2.45) is 5.73 Å². The number of nitriles is 1. The van der Waals surface area contributed by atoms with Gasteiger partial charge in [-0.2, -0.15) is 5.26 Å². The maximum absolute atomic E-state index is 8.66. The van der Waals surface area contributed by atoms with Crippen LogP contribution in [0.1, 0.15) is 24.1 Å². The van der Waals surface area contributed by atoms with Crippen molar-refractivity contribution >= 4 is 0 Å². The van der Waals surface area contributed by atoms with Crippen molar-refractivity contribution in [3.05, 3.63) is 35.4 Å². The highest BCUT2D eigenvalue weighted by Gasteiger charge is 2.03. The minimum atomic E-state index is -0.0640. The van der Waals surface area contributed by atoms with Crippen molar-refractivity contribution in [1.82, 2.24) is 0 Å². The Bertz CT molecular complexity index is 284. The van der Waals surface area contributed by atoms with Gasteiger partial charge in [0.05, 0.1) is 11.6 Å². The summed E-state index contributed by atoms with van der Waals surface area (Å²) in [5.74, 6) is 0. The smallest absolute Gasteiger partial charge is 0.0995 e. The van der Waals surface area contributed by atoms with E-state index in [1.54, 1.807) is 6.07 Å². The molecule has 0 spiro atoms. The van der Waals surface area contributed by atoms with Gasteiger partial charge in [-0.1, -0.05) is 18.2 Å². The lowest BCUT2D eigenvalue weighted by molar-refractivity contribution is 0.815. The van der Waals surface area contributed by atoms with Gasteiger partial charge in [0.25, 0.3) is 0 Å². The summed E-state index contributed by atoms with van der Waals surface area (Å²) in [6, 6.07) is 9.41. The third kappa shape index (κ3) is 1.57. The Kier molecular flexibility index (Phi) is 2.25. The third-order valence-electron chi connectivity index (χ3n) is 1.57. The molecule has 1 aromatic carbocycles. The van der Waals surface area contributed by atoms with Gasteiger partial charge in [0.15, 0.2) is 0 Å². The first kappa shape index (κ1) is 7.77.